The van der Waals surface area contributed by atoms with Gasteiger partial charge in [-0.05, 0) is 57.3 Å². The highest BCUT2D eigenvalue weighted by molar-refractivity contribution is 14.1. The minimum absolute atomic E-state index is 0.136. The van der Waals surface area contributed by atoms with Crippen LogP contribution >= 0.6 is 45.2 Å². The van der Waals surface area contributed by atoms with Gasteiger partial charge < -0.3 is 9.53 Å². The first-order valence-corrected chi connectivity index (χ1v) is 6.40. The Morgan fingerprint density at radius 1 is 1.40 bits per heavy atom. The van der Waals surface area contributed by atoms with E-state index >= 15 is 0 Å². The Hall–Kier alpha value is -0.180. The van der Waals surface area contributed by atoms with Crippen LogP contribution in [-0.2, 0) is 4.79 Å². The van der Waals surface area contributed by atoms with E-state index in [0.717, 1.165) is 7.14 Å². The largest absolute Gasteiger partial charge is 0.490 e. The van der Waals surface area contributed by atoms with E-state index in [1.165, 1.54) is 0 Å². The summed E-state index contributed by atoms with van der Waals surface area (Å²) in [6.45, 7) is 0.159. The van der Waals surface area contributed by atoms with Gasteiger partial charge >= 0.3 is 0 Å². The number of hydrogen-bond acceptors (Lipinski definition) is 3. The highest BCUT2D eigenvalue weighted by Crippen LogP contribution is 2.33. The molecule has 0 spiro atoms. The average Bonchev–Trinajstić information content (AvgIpc) is 2.19. The van der Waals surface area contributed by atoms with Crippen LogP contribution in [0.3, 0.4) is 0 Å². The molecular formula is C10H6I2O3. The van der Waals surface area contributed by atoms with Gasteiger partial charge in [-0.2, -0.15) is 0 Å². The molecule has 1 unspecified atom stereocenters. The molecule has 5 heteroatoms. The first-order valence-electron chi connectivity index (χ1n) is 4.25. The number of carbonyl (C=O) groups is 2. The first kappa shape index (κ1) is 11.3. The smallest absolute Gasteiger partial charge is 0.180 e. The molecule has 0 bridgehead atoms. The summed E-state index contributed by atoms with van der Waals surface area (Å²) in [5.41, 5.74) is 0.523. The monoisotopic (exact) mass is 428 g/mol. The zero-order valence-corrected chi connectivity index (χ0v) is 11.8. The third-order valence-corrected chi connectivity index (χ3v) is 3.61. The zero-order chi connectivity index (χ0) is 11.0. The number of ketones is 1. The second-order valence-corrected chi connectivity index (χ2v) is 5.59. The summed E-state index contributed by atoms with van der Waals surface area (Å²) < 4.78 is 7.30. The van der Waals surface area contributed by atoms with Gasteiger partial charge in [-0.25, -0.2) is 0 Å². The van der Waals surface area contributed by atoms with Crippen molar-refractivity contribution in [2.45, 2.75) is 0 Å². The normalized spacial score (nSPS) is 19.3. The van der Waals surface area contributed by atoms with Crippen molar-refractivity contribution >= 4 is 57.3 Å². The van der Waals surface area contributed by atoms with E-state index in [1.54, 1.807) is 6.07 Å². The Labute approximate surface area is 114 Å². The Morgan fingerprint density at radius 2 is 2.13 bits per heavy atom. The first-order chi connectivity index (χ1) is 7.13. The van der Waals surface area contributed by atoms with Gasteiger partial charge in [-0.3, -0.25) is 4.79 Å². The van der Waals surface area contributed by atoms with E-state index in [2.05, 4.69) is 45.2 Å². The highest BCUT2D eigenvalue weighted by atomic mass is 127. The highest BCUT2D eigenvalue weighted by Gasteiger charge is 2.30. The number of halogens is 2. The topological polar surface area (TPSA) is 43.4 Å². The fourth-order valence-corrected chi connectivity index (χ4v) is 3.44. The average molecular weight is 428 g/mol. The summed E-state index contributed by atoms with van der Waals surface area (Å²) in [6.07, 6.45) is 0.651. The van der Waals surface area contributed by atoms with Gasteiger partial charge in [0.05, 0.1) is 9.13 Å². The van der Waals surface area contributed by atoms with Crippen LogP contribution in [0.25, 0.3) is 0 Å². The molecule has 1 aromatic carbocycles. The molecule has 0 saturated carbocycles. The summed E-state index contributed by atoms with van der Waals surface area (Å²) >= 11 is 4.27. The van der Waals surface area contributed by atoms with Crippen LogP contribution in [0.2, 0.25) is 0 Å². The Kier molecular flexibility index (Phi) is 3.29. The van der Waals surface area contributed by atoms with Crippen molar-refractivity contribution in [3.8, 4) is 5.75 Å². The molecule has 1 atom stereocenters. The van der Waals surface area contributed by atoms with Gasteiger partial charge in [-0.15, -0.1) is 0 Å². The number of benzene rings is 1. The standard InChI is InChI=1S/C10H6I2O3/c11-6-1-7-9(14)5(3-13)4-15-10(7)8(12)2-6/h1-3,5H,4H2. The van der Waals surface area contributed by atoms with Crippen LogP contribution in [0.5, 0.6) is 5.75 Å². The lowest BCUT2D eigenvalue weighted by Gasteiger charge is -2.21. The summed E-state index contributed by atoms with van der Waals surface area (Å²) in [6, 6.07) is 3.70. The quantitative estimate of drug-likeness (QED) is 0.392. The fourth-order valence-electron chi connectivity index (χ4n) is 1.44. The van der Waals surface area contributed by atoms with Crippen molar-refractivity contribution in [2.75, 3.05) is 6.61 Å². The molecule has 1 aromatic rings. The summed E-state index contributed by atoms with van der Waals surface area (Å²) in [5.74, 6) is -0.173. The summed E-state index contributed by atoms with van der Waals surface area (Å²) in [5, 5.41) is 0. The van der Waals surface area contributed by atoms with Crippen LogP contribution in [0.15, 0.2) is 12.1 Å². The molecule has 15 heavy (non-hydrogen) atoms. The van der Waals surface area contributed by atoms with Gasteiger partial charge in [0.15, 0.2) is 5.78 Å². The maximum Gasteiger partial charge on any atom is 0.180 e. The minimum atomic E-state index is -0.647. The second-order valence-electron chi connectivity index (χ2n) is 3.18. The number of fused-ring (bicyclic) bond motifs is 1. The van der Waals surface area contributed by atoms with Gasteiger partial charge in [0.1, 0.15) is 24.6 Å². The summed E-state index contributed by atoms with van der Waals surface area (Å²) in [4.78, 5) is 22.5. The van der Waals surface area contributed by atoms with Gasteiger partial charge in [0.25, 0.3) is 0 Å². The molecule has 0 fully saturated rings. The van der Waals surface area contributed by atoms with Crippen LogP contribution in [-0.4, -0.2) is 18.7 Å². The maximum atomic E-state index is 11.8. The third kappa shape index (κ3) is 2.03. The van der Waals surface area contributed by atoms with E-state index < -0.39 is 5.92 Å². The molecule has 1 heterocycles. The Balaban J connectivity index is 2.56. The van der Waals surface area contributed by atoms with Crippen LogP contribution in [0, 0.1) is 13.1 Å². The van der Waals surface area contributed by atoms with Crippen molar-refractivity contribution in [1.82, 2.24) is 0 Å². The second kappa shape index (κ2) is 4.36. The predicted octanol–water partition coefficient (Wildman–Crippen LogP) is 2.29. The van der Waals surface area contributed by atoms with Crippen molar-refractivity contribution in [3.63, 3.8) is 0 Å². The number of Topliss-reactive ketones (excluding diaryl/α,β-unsaturated/α-hetero) is 1. The Morgan fingerprint density at radius 3 is 2.80 bits per heavy atom. The Bertz CT molecular complexity index is 443. The summed E-state index contributed by atoms with van der Waals surface area (Å²) in [7, 11) is 0. The molecule has 0 aromatic heterocycles. The van der Waals surface area contributed by atoms with Crippen molar-refractivity contribution < 1.29 is 14.3 Å². The molecule has 3 nitrogen and oxygen atoms in total. The third-order valence-electron chi connectivity index (χ3n) is 2.18. The SMILES string of the molecule is O=CC1COc2c(I)cc(I)cc2C1=O. The number of aldehydes is 1. The molecule has 2 rings (SSSR count). The zero-order valence-electron chi connectivity index (χ0n) is 7.50. The van der Waals surface area contributed by atoms with Crippen LogP contribution in [0.4, 0.5) is 0 Å². The van der Waals surface area contributed by atoms with Crippen LogP contribution < -0.4 is 4.74 Å². The van der Waals surface area contributed by atoms with E-state index in [4.69, 9.17) is 4.74 Å². The molecule has 0 amide bonds. The van der Waals surface area contributed by atoms with Crippen molar-refractivity contribution in [1.29, 1.82) is 0 Å². The molecule has 0 N–H and O–H groups in total. The molecule has 1 aliphatic heterocycles. The maximum absolute atomic E-state index is 11.8. The van der Waals surface area contributed by atoms with E-state index in [9.17, 15) is 9.59 Å². The lowest BCUT2D eigenvalue weighted by atomic mass is 9.96. The number of carbonyl (C=O) groups excluding carboxylic acids is 2. The van der Waals surface area contributed by atoms with E-state index in [0.29, 0.717) is 17.6 Å². The number of rotatable bonds is 1. The number of hydrogen-bond donors (Lipinski definition) is 0. The van der Waals surface area contributed by atoms with E-state index in [1.807, 2.05) is 6.07 Å². The van der Waals surface area contributed by atoms with Crippen molar-refractivity contribution in [3.05, 3.63) is 24.8 Å². The molecule has 1 aliphatic rings. The van der Waals surface area contributed by atoms with E-state index in [-0.39, 0.29) is 12.4 Å². The van der Waals surface area contributed by atoms with Gasteiger partial charge in [0.2, 0.25) is 0 Å². The predicted molar refractivity (Wildman–Crippen MR) is 71.3 cm³/mol. The lowest BCUT2D eigenvalue weighted by molar-refractivity contribution is -0.110. The molecule has 78 valence electrons. The number of ether oxygens (including phenoxy) is 1. The van der Waals surface area contributed by atoms with Gasteiger partial charge in [-0.1, -0.05) is 0 Å². The molecule has 0 aliphatic carbocycles. The van der Waals surface area contributed by atoms with Gasteiger partial charge in [0, 0.05) is 3.57 Å². The molecular weight excluding hydrogens is 422 g/mol. The minimum Gasteiger partial charge on any atom is -0.490 e. The molecule has 0 radical (unpaired) electrons. The lowest BCUT2D eigenvalue weighted by Crippen LogP contribution is -2.29. The van der Waals surface area contributed by atoms with Crippen LogP contribution in [0.1, 0.15) is 10.4 Å². The molecule has 0 saturated heterocycles. The van der Waals surface area contributed by atoms with Crippen molar-refractivity contribution in [2.24, 2.45) is 5.92 Å². The fraction of sp³-hybridized carbons (Fsp3) is 0.200.